The molecular formula is C15H17ClN4O3. The standard InChI is InChI=1S/C15H17ClN4O3/c1-15(2,3)23-14(21)18-9-4-6-10(7-5-9)22-12-8-11(16)19-13(17)20-12/h4-8H,1-3H3,(H,18,21)(H2,17,19,20). The van der Waals surface area contributed by atoms with Crippen molar-refractivity contribution in [2.45, 2.75) is 26.4 Å². The van der Waals surface area contributed by atoms with E-state index < -0.39 is 11.7 Å². The van der Waals surface area contributed by atoms with Gasteiger partial charge in [0.15, 0.2) is 0 Å². The number of anilines is 2. The highest BCUT2D eigenvalue weighted by Gasteiger charge is 2.16. The van der Waals surface area contributed by atoms with E-state index in [1.807, 2.05) is 0 Å². The number of nitrogens with zero attached hydrogens (tertiary/aromatic N) is 2. The number of nitrogens with one attached hydrogen (secondary N) is 1. The quantitative estimate of drug-likeness (QED) is 0.826. The number of ether oxygens (including phenoxy) is 2. The molecule has 8 heteroatoms. The average Bonchev–Trinajstić information content (AvgIpc) is 2.37. The van der Waals surface area contributed by atoms with Crippen molar-refractivity contribution in [3.8, 4) is 11.6 Å². The summed E-state index contributed by atoms with van der Waals surface area (Å²) in [4.78, 5) is 19.3. The van der Waals surface area contributed by atoms with Gasteiger partial charge in [0.25, 0.3) is 0 Å². The highest BCUT2D eigenvalue weighted by molar-refractivity contribution is 6.29. The smallest absolute Gasteiger partial charge is 0.412 e. The van der Waals surface area contributed by atoms with E-state index in [1.54, 1.807) is 45.0 Å². The lowest BCUT2D eigenvalue weighted by Gasteiger charge is -2.19. The molecule has 0 atom stereocenters. The second kappa shape index (κ2) is 6.70. The SMILES string of the molecule is CC(C)(C)OC(=O)Nc1ccc(Oc2cc(Cl)nc(N)n2)cc1. The molecule has 0 saturated heterocycles. The predicted octanol–water partition coefficient (Wildman–Crippen LogP) is 3.85. The monoisotopic (exact) mass is 336 g/mol. The van der Waals surface area contributed by atoms with Crippen LogP contribution in [0, 0.1) is 0 Å². The Morgan fingerprint density at radius 1 is 1.22 bits per heavy atom. The summed E-state index contributed by atoms with van der Waals surface area (Å²) < 4.78 is 10.7. The molecule has 3 N–H and O–H groups in total. The molecule has 0 aliphatic heterocycles. The number of benzene rings is 1. The van der Waals surface area contributed by atoms with Gasteiger partial charge in [-0.05, 0) is 45.0 Å². The van der Waals surface area contributed by atoms with Crippen molar-refractivity contribution < 1.29 is 14.3 Å². The van der Waals surface area contributed by atoms with Gasteiger partial charge in [0.05, 0.1) is 0 Å². The van der Waals surface area contributed by atoms with Gasteiger partial charge in [-0.1, -0.05) is 11.6 Å². The van der Waals surface area contributed by atoms with Crippen LogP contribution in [-0.2, 0) is 4.74 Å². The molecule has 0 fully saturated rings. The van der Waals surface area contributed by atoms with Crippen LogP contribution in [0.1, 0.15) is 20.8 Å². The van der Waals surface area contributed by atoms with Crippen LogP contribution < -0.4 is 15.8 Å². The fourth-order valence-electron chi connectivity index (χ4n) is 1.61. The lowest BCUT2D eigenvalue weighted by atomic mass is 10.2. The molecule has 122 valence electrons. The number of nitrogen functional groups attached to an aromatic ring is 1. The van der Waals surface area contributed by atoms with Gasteiger partial charge in [0, 0.05) is 11.8 Å². The second-order valence-corrected chi connectivity index (χ2v) is 6.03. The van der Waals surface area contributed by atoms with Gasteiger partial charge in [-0.2, -0.15) is 4.98 Å². The van der Waals surface area contributed by atoms with Gasteiger partial charge in [-0.15, -0.1) is 0 Å². The Morgan fingerprint density at radius 2 is 1.87 bits per heavy atom. The number of halogens is 1. The fourth-order valence-corrected chi connectivity index (χ4v) is 1.79. The number of hydrogen-bond donors (Lipinski definition) is 2. The van der Waals surface area contributed by atoms with E-state index >= 15 is 0 Å². The first kappa shape index (κ1) is 16.8. The topological polar surface area (TPSA) is 99.4 Å². The first-order chi connectivity index (χ1) is 10.7. The molecule has 2 rings (SSSR count). The van der Waals surface area contributed by atoms with E-state index in [9.17, 15) is 4.79 Å². The lowest BCUT2D eigenvalue weighted by Crippen LogP contribution is -2.27. The Balaban J connectivity index is 2.00. The van der Waals surface area contributed by atoms with Crippen LogP contribution in [0.25, 0.3) is 0 Å². The minimum atomic E-state index is -0.556. The van der Waals surface area contributed by atoms with E-state index in [0.717, 1.165) is 0 Å². The predicted molar refractivity (Wildman–Crippen MR) is 87.8 cm³/mol. The van der Waals surface area contributed by atoms with E-state index in [0.29, 0.717) is 11.4 Å². The third-order valence-electron chi connectivity index (χ3n) is 2.41. The molecule has 0 saturated carbocycles. The Morgan fingerprint density at radius 3 is 2.43 bits per heavy atom. The molecule has 0 aliphatic carbocycles. The molecule has 0 unspecified atom stereocenters. The third-order valence-corrected chi connectivity index (χ3v) is 2.60. The molecule has 7 nitrogen and oxygen atoms in total. The summed E-state index contributed by atoms with van der Waals surface area (Å²) in [5.41, 5.74) is 5.51. The van der Waals surface area contributed by atoms with E-state index in [4.69, 9.17) is 26.8 Å². The van der Waals surface area contributed by atoms with Crippen LogP contribution in [0.4, 0.5) is 16.4 Å². The number of amides is 1. The van der Waals surface area contributed by atoms with Gasteiger partial charge in [0.2, 0.25) is 11.8 Å². The molecule has 1 aromatic carbocycles. The van der Waals surface area contributed by atoms with Gasteiger partial charge in [-0.3, -0.25) is 5.32 Å². The van der Waals surface area contributed by atoms with Crippen LogP contribution in [0.3, 0.4) is 0 Å². The molecule has 0 spiro atoms. The molecule has 0 radical (unpaired) electrons. The van der Waals surface area contributed by atoms with Crippen molar-refractivity contribution in [2.75, 3.05) is 11.1 Å². The maximum Gasteiger partial charge on any atom is 0.412 e. The summed E-state index contributed by atoms with van der Waals surface area (Å²) in [6.45, 7) is 5.38. The minimum absolute atomic E-state index is 0.0238. The lowest BCUT2D eigenvalue weighted by molar-refractivity contribution is 0.0636. The van der Waals surface area contributed by atoms with Crippen LogP contribution in [-0.4, -0.2) is 21.7 Å². The third kappa shape index (κ3) is 5.63. The Hall–Kier alpha value is -2.54. The van der Waals surface area contributed by atoms with Gasteiger partial charge in [-0.25, -0.2) is 9.78 Å². The van der Waals surface area contributed by atoms with Crippen molar-refractivity contribution in [2.24, 2.45) is 0 Å². The molecule has 0 aliphatic rings. The average molecular weight is 337 g/mol. The molecule has 23 heavy (non-hydrogen) atoms. The number of aromatic nitrogens is 2. The van der Waals surface area contributed by atoms with Crippen LogP contribution in [0.5, 0.6) is 11.6 Å². The summed E-state index contributed by atoms with van der Waals surface area (Å²) >= 11 is 5.78. The molecule has 1 aromatic heterocycles. The summed E-state index contributed by atoms with van der Waals surface area (Å²) in [5.74, 6) is 0.764. The molecule has 2 aromatic rings. The molecular weight excluding hydrogens is 320 g/mol. The summed E-state index contributed by atoms with van der Waals surface area (Å²) in [6.07, 6.45) is -0.526. The highest BCUT2D eigenvalue weighted by atomic mass is 35.5. The largest absolute Gasteiger partial charge is 0.444 e. The number of hydrogen-bond acceptors (Lipinski definition) is 6. The van der Waals surface area contributed by atoms with Crippen molar-refractivity contribution in [1.82, 2.24) is 9.97 Å². The van der Waals surface area contributed by atoms with Crippen molar-refractivity contribution in [1.29, 1.82) is 0 Å². The first-order valence-corrected chi connectivity index (χ1v) is 7.17. The molecule has 1 heterocycles. The van der Waals surface area contributed by atoms with E-state index in [2.05, 4.69) is 15.3 Å². The van der Waals surface area contributed by atoms with Gasteiger partial charge >= 0.3 is 6.09 Å². The second-order valence-electron chi connectivity index (χ2n) is 5.64. The van der Waals surface area contributed by atoms with Crippen LogP contribution in [0.15, 0.2) is 30.3 Å². The Kier molecular flexibility index (Phi) is 4.90. The van der Waals surface area contributed by atoms with E-state index in [1.165, 1.54) is 6.07 Å². The van der Waals surface area contributed by atoms with E-state index in [-0.39, 0.29) is 17.0 Å². The number of rotatable bonds is 3. The Labute approximate surface area is 138 Å². The normalized spacial score (nSPS) is 11.0. The van der Waals surface area contributed by atoms with Crippen LogP contribution in [0.2, 0.25) is 5.15 Å². The Bertz CT molecular complexity index is 679. The number of nitrogens with two attached hydrogens (primary N) is 1. The highest BCUT2D eigenvalue weighted by Crippen LogP contribution is 2.24. The summed E-state index contributed by atoms with van der Waals surface area (Å²) in [5, 5.41) is 2.81. The zero-order valence-corrected chi connectivity index (χ0v) is 13.7. The molecule has 1 amide bonds. The first-order valence-electron chi connectivity index (χ1n) is 6.79. The maximum atomic E-state index is 11.7. The van der Waals surface area contributed by atoms with Crippen molar-refractivity contribution in [3.63, 3.8) is 0 Å². The van der Waals surface area contributed by atoms with Crippen LogP contribution >= 0.6 is 11.6 Å². The van der Waals surface area contributed by atoms with Gasteiger partial charge in [0.1, 0.15) is 16.5 Å². The number of carbonyl (C=O) groups is 1. The summed E-state index contributed by atoms with van der Waals surface area (Å²) in [7, 11) is 0. The fraction of sp³-hybridized carbons (Fsp3) is 0.267. The zero-order chi connectivity index (χ0) is 17.0. The van der Waals surface area contributed by atoms with Gasteiger partial charge < -0.3 is 15.2 Å². The zero-order valence-electron chi connectivity index (χ0n) is 13.0. The maximum absolute atomic E-state index is 11.7. The van der Waals surface area contributed by atoms with Crippen molar-refractivity contribution in [3.05, 3.63) is 35.5 Å². The number of carbonyl (C=O) groups excluding carboxylic acids is 1. The summed E-state index contributed by atoms with van der Waals surface area (Å²) in [6, 6.07) is 8.12. The molecule has 0 bridgehead atoms. The minimum Gasteiger partial charge on any atom is -0.444 e. The van der Waals surface area contributed by atoms with Crippen molar-refractivity contribution >= 4 is 29.3 Å².